The molecule has 0 radical (unpaired) electrons. The molecule has 2 atom stereocenters. The molecule has 1 aromatic carbocycles. The van der Waals surface area contributed by atoms with Gasteiger partial charge >= 0.3 is 0 Å². The van der Waals surface area contributed by atoms with E-state index in [4.69, 9.17) is 5.84 Å². The highest BCUT2D eigenvalue weighted by molar-refractivity contribution is 8.00. The van der Waals surface area contributed by atoms with Crippen LogP contribution in [0.5, 0.6) is 0 Å². The van der Waals surface area contributed by atoms with Crippen molar-refractivity contribution in [2.75, 3.05) is 5.84 Å². The second-order valence-electron chi connectivity index (χ2n) is 7.96. The van der Waals surface area contributed by atoms with Gasteiger partial charge in [0.15, 0.2) is 5.82 Å². The van der Waals surface area contributed by atoms with Gasteiger partial charge in [-0.15, -0.1) is 10.2 Å². The molecule has 1 heterocycles. The Morgan fingerprint density at radius 3 is 2.79 bits per heavy atom. The minimum Gasteiger partial charge on any atom is -0.348 e. The molecule has 2 aromatic rings. The number of hydrogen-bond donors (Lipinski definition) is 2. The molecule has 3 N–H and O–H groups in total. The summed E-state index contributed by atoms with van der Waals surface area (Å²) >= 11 is 1.39. The van der Waals surface area contributed by atoms with Gasteiger partial charge in [-0.25, -0.2) is 4.68 Å². The maximum absolute atomic E-state index is 12.8. The minimum absolute atomic E-state index is 0.0221. The summed E-state index contributed by atoms with van der Waals surface area (Å²) in [4.78, 5) is 12.8. The zero-order valence-electron chi connectivity index (χ0n) is 16.4. The van der Waals surface area contributed by atoms with Crippen LogP contribution in [0.3, 0.4) is 0 Å². The predicted octanol–water partition coefficient (Wildman–Crippen LogP) is 3.71. The van der Waals surface area contributed by atoms with Crippen LogP contribution in [0.15, 0.2) is 29.4 Å². The molecule has 4 rings (SSSR count). The van der Waals surface area contributed by atoms with Crippen LogP contribution < -0.4 is 11.2 Å². The highest BCUT2D eigenvalue weighted by Gasteiger charge is 2.27. The second kappa shape index (κ2) is 8.55. The zero-order chi connectivity index (χ0) is 19.5. The SMILES string of the molecule is C[C@H](Sc1nnc(C2CCCCC2)n1N)C(=O)N[C@H]1CCCc2ccccc21. The quantitative estimate of drug-likeness (QED) is 0.591. The van der Waals surface area contributed by atoms with Gasteiger partial charge in [0.05, 0.1) is 11.3 Å². The minimum atomic E-state index is -0.278. The van der Waals surface area contributed by atoms with Crippen molar-refractivity contribution in [2.45, 2.75) is 80.7 Å². The van der Waals surface area contributed by atoms with Crippen LogP contribution in [-0.2, 0) is 11.2 Å². The molecule has 1 saturated carbocycles. The van der Waals surface area contributed by atoms with E-state index < -0.39 is 0 Å². The normalized spacial score (nSPS) is 21.1. The van der Waals surface area contributed by atoms with Crippen LogP contribution in [0.2, 0.25) is 0 Å². The molecular formula is C21H29N5OS. The Balaban J connectivity index is 1.40. The maximum atomic E-state index is 12.8. The zero-order valence-corrected chi connectivity index (χ0v) is 17.3. The van der Waals surface area contributed by atoms with E-state index in [0.29, 0.717) is 11.1 Å². The fourth-order valence-electron chi connectivity index (χ4n) is 4.41. The van der Waals surface area contributed by atoms with Gasteiger partial charge in [0.2, 0.25) is 11.1 Å². The third kappa shape index (κ3) is 4.04. The summed E-state index contributed by atoms with van der Waals surface area (Å²) in [5.41, 5.74) is 2.60. The molecule has 1 aromatic heterocycles. The molecule has 2 aliphatic carbocycles. The number of amides is 1. The Bertz CT molecular complexity index is 830. The number of hydrogen-bond acceptors (Lipinski definition) is 5. The summed E-state index contributed by atoms with van der Waals surface area (Å²) in [6.45, 7) is 1.91. The molecule has 0 unspecified atom stereocenters. The fourth-order valence-corrected chi connectivity index (χ4v) is 5.20. The summed E-state index contributed by atoms with van der Waals surface area (Å²) in [6.07, 6.45) is 9.16. The van der Waals surface area contributed by atoms with E-state index in [1.165, 1.54) is 42.2 Å². The molecule has 2 aliphatic rings. The number of nitrogen functional groups attached to an aromatic ring is 1. The summed E-state index contributed by atoms with van der Waals surface area (Å²) in [5.74, 6) is 7.54. The van der Waals surface area contributed by atoms with Crippen LogP contribution >= 0.6 is 11.8 Å². The first-order valence-electron chi connectivity index (χ1n) is 10.4. The highest BCUT2D eigenvalue weighted by Crippen LogP contribution is 2.33. The predicted molar refractivity (Wildman–Crippen MR) is 112 cm³/mol. The number of nitrogens with zero attached hydrogens (tertiary/aromatic N) is 3. The van der Waals surface area contributed by atoms with Gasteiger partial charge in [-0.05, 0) is 50.2 Å². The molecule has 6 nitrogen and oxygen atoms in total. The van der Waals surface area contributed by atoms with E-state index in [0.717, 1.165) is 37.9 Å². The lowest BCUT2D eigenvalue weighted by Gasteiger charge is -2.27. The number of nitrogens with one attached hydrogen (secondary N) is 1. The summed E-state index contributed by atoms with van der Waals surface area (Å²) in [5, 5.41) is 12.2. The molecule has 0 saturated heterocycles. The molecular weight excluding hydrogens is 370 g/mol. The average Bonchev–Trinajstić information content (AvgIpc) is 3.09. The third-order valence-corrected chi connectivity index (χ3v) is 7.06. The Morgan fingerprint density at radius 2 is 1.96 bits per heavy atom. The Hall–Kier alpha value is -2.02. The number of aromatic nitrogens is 3. The number of nitrogens with two attached hydrogens (primary N) is 1. The molecule has 0 spiro atoms. The fraction of sp³-hybridized carbons (Fsp3) is 0.571. The number of carbonyl (C=O) groups excluding carboxylic acids is 1. The van der Waals surface area contributed by atoms with Gasteiger partial charge in [-0.3, -0.25) is 4.79 Å². The van der Waals surface area contributed by atoms with Gasteiger partial charge < -0.3 is 11.2 Å². The standard InChI is InChI=1S/C21H29N5OS/c1-14(20(27)23-18-13-7-11-15-8-5-6-12-17(15)18)28-21-25-24-19(26(21)22)16-9-3-2-4-10-16/h5-6,8,12,14,16,18H,2-4,7,9-11,13,22H2,1H3,(H,23,27)/t14-,18-/m0/s1. The number of rotatable bonds is 5. The first kappa shape index (κ1) is 19.3. The van der Waals surface area contributed by atoms with E-state index in [-0.39, 0.29) is 17.2 Å². The molecule has 0 bridgehead atoms. The number of thioether (sulfide) groups is 1. The van der Waals surface area contributed by atoms with Crippen molar-refractivity contribution in [3.05, 3.63) is 41.2 Å². The van der Waals surface area contributed by atoms with Crippen LogP contribution in [0.1, 0.15) is 80.8 Å². The monoisotopic (exact) mass is 399 g/mol. The molecule has 0 aliphatic heterocycles. The van der Waals surface area contributed by atoms with Crippen molar-refractivity contribution in [2.24, 2.45) is 0 Å². The lowest BCUT2D eigenvalue weighted by atomic mass is 9.88. The number of aryl methyl sites for hydroxylation is 1. The van der Waals surface area contributed by atoms with Gasteiger partial charge in [0, 0.05) is 5.92 Å². The smallest absolute Gasteiger partial charge is 0.233 e. The van der Waals surface area contributed by atoms with E-state index in [2.05, 4.69) is 33.7 Å². The van der Waals surface area contributed by atoms with E-state index in [1.54, 1.807) is 4.68 Å². The Morgan fingerprint density at radius 1 is 1.18 bits per heavy atom. The first-order valence-corrected chi connectivity index (χ1v) is 11.3. The maximum Gasteiger partial charge on any atom is 0.233 e. The van der Waals surface area contributed by atoms with Gasteiger partial charge in [0.1, 0.15) is 0 Å². The molecule has 28 heavy (non-hydrogen) atoms. The molecule has 1 fully saturated rings. The Labute approximate surface area is 170 Å². The van der Waals surface area contributed by atoms with Crippen molar-refractivity contribution in [1.29, 1.82) is 0 Å². The van der Waals surface area contributed by atoms with Gasteiger partial charge in [-0.2, -0.15) is 0 Å². The number of fused-ring (bicyclic) bond motifs is 1. The van der Waals surface area contributed by atoms with Crippen molar-refractivity contribution < 1.29 is 4.79 Å². The molecule has 7 heteroatoms. The molecule has 150 valence electrons. The van der Waals surface area contributed by atoms with E-state index in [9.17, 15) is 4.79 Å². The van der Waals surface area contributed by atoms with Crippen LogP contribution in [0.4, 0.5) is 0 Å². The summed E-state index contributed by atoms with van der Waals surface area (Å²) in [6, 6.07) is 8.50. The van der Waals surface area contributed by atoms with E-state index in [1.807, 2.05) is 13.0 Å². The van der Waals surface area contributed by atoms with E-state index >= 15 is 0 Å². The summed E-state index contributed by atoms with van der Waals surface area (Å²) < 4.78 is 1.60. The second-order valence-corrected chi connectivity index (χ2v) is 9.27. The van der Waals surface area contributed by atoms with Crippen LogP contribution in [0, 0.1) is 0 Å². The number of carbonyl (C=O) groups is 1. The summed E-state index contributed by atoms with van der Waals surface area (Å²) in [7, 11) is 0. The van der Waals surface area contributed by atoms with Crippen molar-refractivity contribution >= 4 is 17.7 Å². The highest BCUT2D eigenvalue weighted by atomic mass is 32.2. The van der Waals surface area contributed by atoms with Gasteiger partial charge in [-0.1, -0.05) is 55.3 Å². The van der Waals surface area contributed by atoms with Crippen LogP contribution in [0.25, 0.3) is 0 Å². The van der Waals surface area contributed by atoms with Crippen molar-refractivity contribution in [1.82, 2.24) is 20.2 Å². The first-order chi connectivity index (χ1) is 13.6. The average molecular weight is 400 g/mol. The largest absolute Gasteiger partial charge is 0.348 e. The van der Waals surface area contributed by atoms with Gasteiger partial charge in [0.25, 0.3) is 0 Å². The van der Waals surface area contributed by atoms with Crippen LogP contribution in [-0.4, -0.2) is 26.0 Å². The lowest BCUT2D eigenvalue weighted by Crippen LogP contribution is -2.36. The molecule has 1 amide bonds. The number of benzene rings is 1. The van der Waals surface area contributed by atoms with Crippen molar-refractivity contribution in [3.63, 3.8) is 0 Å². The van der Waals surface area contributed by atoms with Crippen molar-refractivity contribution in [3.8, 4) is 0 Å². The third-order valence-electron chi connectivity index (χ3n) is 6.00. The topological polar surface area (TPSA) is 85.8 Å². The Kier molecular flexibility index (Phi) is 5.90. The lowest BCUT2D eigenvalue weighted by molar-refractivity contribution is -0.121.